The highest BCUT2D eigenvalue weighted by Crippen LogP contribution is 2.30. The lowest BCUT2D eigenvalue weighted by Gasteiger charge is -2.22. The molecule has 1 N–H and O–H groups in total. The van der Waals surface area contributed by atoms with Crippen molar-refractivity contribution in [1.82, 2.24) is 9.29 Å². The highest BCUT2D eigenvalue weighted by Gasteiger charge is 2.28. The van der Waals surface area contributed by atoms with Gasteiger partial charge < -0.3 is 14.5 Å². The van der Waals surface area contributed by atoms with Gasteiger partial charge in [0.05, 0.1) is 23.5 Å². The zero-order chi connectivity index (χ0) is 26.6. The van der Waals surface area contributed by atoms with Crippen LogP contribution in [0.4, 0.5) is 5.69 Å². The van der Waals surface area contributed by atoms with Gasteiger partial charge in [0.25, 0.3) is 5.69 Å². The maximum absolute atomic E-state index is 13.7. The number of halogens is 1. The van der Waals surface area contributed by atoms with E-state index in [0.717, 1.165) is 28.1 Å². The number of fused-ring (bicyclic) bond motifs is 1. The fourth-order valence-corrected chi connectivity index (χ4v) is 5.66. The highest BCUT2D eigenvalue weighted by molar-refractivity contribution is 7.89. The molecule has 0 saturated carbocycles. The third kappa shape index (κ3) is 5.87. The van der Waals surface area contributed by atoms with Gasteiger partial charge in [-0.15, -0.1) is 0 Å². The fourth-order valence-electron chi connectivity index (χ4n) is 4.02. The maximum atomic E-state index is 13.7. The molecule has 1 heterocycles. The summed E-state index contributed by atoms with van der Waals surface area (Å²) < 4.78 is 39.6. The van der Waals surface area contributed by atoms with Crippen LogP contribution < -0.4 is 9.47 Å². The van der Waals surface area contributed by atoms with Crippen LogP contribution in [0.3, 0.4) is 0 Å². The van der Waals surface area contributed by atoms with Crippen LogP contribution in [0.25, 0.3) is 10.9 Å². The molecular formula is C26H26ClN3O6S. The average Bonchev–Trinajstić information content (AvgIpc) is 3.29. The first-order valence-corrected chi connectivity index (χ1v) is 13.3. The molecule has 0 fully saturated rings. The first kappa shape index (κ1) is 26.5. The van der Waals surface area contributed by atoms with E-state index in [4.69, 9.17) is 21.1 Å². The van der Waals surface area contributed by atoms with Crippen LogP contribution >= 0.6 is 11.6 Å². The summed E-state index contributed by atoms with van der Waals surface area (Å²) in [6, 6.07) is 16.3. The molecule has 0 bridgehead atoms. The van der Waals surface area contributed by atoms with Crippen LogP contribution in [0.2, 0.25) is 5.02 Å². The Morgan fingerprint density at radius 1 is 1.05 bits per heavy atom. The van der Waals surface area contributed by atoms with E-state index < -0.39 is 20.6 Å². The third-order valence-corrected chi connectivity index (χ3v) is 8.11. The number of aromatic nitrogens is 1. The van der Waals surface area contributed by atoms with Gasteiger partial charge in [-0.05, 0) is 66.9 Å². The Bertz CT molecular complexity index is 1520. The minimum absolute atomic E-state index is 0.0663. The zero-order valence-corrected chi connectivity index (χ0v) is 21.9. The first-order chi connectivity index (χ1) is 17.7. The smallest absolute Gasteiger partial charge is 0.289 e. The van der Waals surface area contributed by atoms with Crippen molar-refractivity contribution in [2.75, 3.05) is 20.3 Å². The van der Waals surface area contributed by atoms with E-state index in [2.05, 4.69) is 4.98 Å². The van der Waals surface area contributed by atoms with E-state index in [1.807, 2.05) is 31.3 Å². The van der Waals surface area contributed by atoms with Crippen molar-refractivity contribution in [3.05, 3.63) is 93.1 Å². The number of hydrogen-bond donors (Lipinski definition) is 1. The van der Waals surface area contributed by atoms with Gasteiger partial charge >= 0.3 is 0 Å². The van der Waals surface area contributed by atoms with Crippen LogP contribution in [0.1, 0.15) is 18.1 Å². The van der Waals surface area contributed by atoms with Crippen LogP contribution in [0.5, 0.6) is 11.5 Å². The van der Waals surface area contributed by atoms with E-state index in [-0.39, 0.29) is 23.0 Å². The Morgan fingerprint density at radius 3 is 2.46 bits per heavy atom. The van der Waals surface area contributed by atoms with E-state index >= 15 is 0 Å². The molecule has 0 unspecified atom stereocenters. The van der Waals surface area contributed by atoms with E-state index in [1.165, 1.54) is 16.4 Å². The van der Waals surface area contributed by atoms with Gasteiger partial charge in [0.15, 0.2) is 0 Å². The Kier molecular flexibility index (Phi) is 8.01. The van der Waals surface area contributed by atoms with Crippen LogP contribution in [0, 0.1) is 10.1 Å². The summed E-state index contributed by atoms with van der Waals surface area (Å²) >= 11 is 5.92. The molecule has 37 heavy (non-hydrogen) atoms. The monoisotopic (exact) mass is 543 g/mol. The van der Waals surface area contributed by atoms with Crippen molar-refractivity contribution in [3.63, 3.8) is 0 Å². The zero-order valence-electron chi connectivity index (χ0n) is 20.3. The number of rotatable bonds is 11. The third-order valence-electron chi connectivity index (χ3n) is 5.95. The largest absolute Gasteiger partial charge is 0.497 e. The quantitative estimate of drug-likeness (QED) is 0.195. The minimum Gasteiger partial charge on any atom is -0.497 e. The molecule has 194 valence electrons. The number of hydrogen-bond acceptors (Lipinski definition) is 6. The van der Waals surface area contributed by atoms with Gasteiger partial charge in [-0.25, -0.2) is 8.42 Å². The molecule has 1 aromatic heterocycles. The summed E-state index contributed by atoms with van der Waals surface area (Å²) in [5.74, 6) is 1.38. The lowest BCUT2D eigenvalue weighted by molar-refractivity contribution is -0.384. The fraction of sp³-hybridized carbons (Fsp3) is 0.231. The molecular weight excluding hydrogens is 518 g/mol. The van der Waals surface area contributed by atoms with Gasteiger partial charge in [-0.1, -0.05) is 23.7 Å². The lowest BCUT2D eigenvalue weighted by atomic mass is 10.1. The lowest BCUT2D eigenvalue weighted by Crippen LogP contribution is -2.32. The number of nitro groups is 1. The number of nitrogens with one attached hydrogen (secondary N) is 1. The Morgan fingerprint density at radius 2 is 1.78 bits per heavy atom. The summed E-state index contributed by atoms with van der Waals surface area (Å²) in [6.45, 7) is 2.60. The molecule has 0 aliphatic rings. The molecule has 4 rings (SSSR count). The maximum Gasteiger partial charge on any atom is 0.289 e. The number of sulfonamides is 1. The number of nitro benzene ring substituents is 1. The highest BCUT2D eigenvalue weighted by atomic mass is 35.5. The molecule has 0 saturated heterocycles. The van der Waals surface area contributed by atoms with Crippen molar-refractivity contribution >= 4 is 38.2 Å². The number of ether oxygens (including phenoxy) is 2. The number of benzene rings is 3. The first-order valence-electron chi connectivity index (χ1n) is 11.5. The van der Waals surface area contributed by atoms with Crippen molar-refractivity contribution in [2.45, 2.75) is 24.8 Å². The van der Waals surface area contributed by atoms with Gasteiger partial charge in [0.2, 0.25) is 10.0 Å². The Labute approximate surface area is 219 Å². The molecule has 11 heteroatoms. The topological polar surface area (TPSA) is 115 Å². The normalized spacial score (nSPS) is 11.7. The van der Waals surface area contributed by atoms with Crippen molar-refractivity contribution in [3.8, 4) is 11.5 Å². The van der Waals surface area contributed by atoms with Gasteiger partial charge in [0.1, 0.15) is 16.5 Å². The molecule has 3 aromatic carbocycles. The molecule has 9 nitrogen and oxygen atoms in total. The Balaban J connectivity index is 1.68. The van der Waals surface area contributed by atoms with E-state index in [0.29, 0.717) is 24.5 Å². The van der Waals surface area contributed by atoms with Gasteiger partial charge in [-0.2, -0.15) is 4.31 Å². The second-order valence-electron chi connectivity index (χ2n) is 8.26. The minimum atomic E-state index is -4.11. The average molecular weight is 544 g/mol. The molecule has 0 amide bonds. The van der Waals surface area contributed by atoms with Crippen molar-refractivity contribution in [2.24, 2.45) is 0 Å². The number of nitrogens with zero attached hydrogens (tertiary/aromatic N) is 2. The number of H-pyrrole nitrogens is 1. The molecule has 0 aliphatic carbocycles. The molecule has 4 aromatic rings. The second kappa shape index (κ2) is 11.2. The predicted molar refractivity (Wildman–Crippen MR) is 142 cm³/mol. The summed E-state index contributed by atoms with van der Waals surface area (Å²) in [4.78, 5) is 13.7. The van der Waals surface area contributed by atoms with Crippen molar-refractivity contribution in [1.29, 1.82) is 0 Å². The van der Waals surface area contributed by atoms with Crippen LogP contribution in [-0.2, 0) is 23.0 Å². The molecule has 0 radical (unpaired) electrons. The summed E-state index contributed by atoms with van der Waals surface area (Å²) in [5, 5.41) is 12.2. The van der Waals surface area contributed by atoms with E-state index in [9.17, 15) is 18.5 Å². The molecule has 0 aliphatic heterocycles. The van der Waals surface area contributed by atoms with Crippen LogP contribution in [0.15, 0.2) is 71.8 Å². The van der Waals surface area contributed by atoms with Gasteiger partial charge in [-0.3, -0.25) is 10.1 Å². The molecule has 0 atom stereocenters. The number of aromatic amines is 1. The van der Waals surface area contributed by atoms with Crippen molar-refractivity contribution < 1.29 is 22.8 Å². The SMILES string of the molecule is CCOc1ccc(CN(CCc2c[nH]c3ccc(OC)cc23)S(=O)(=O)c2ccc(Cl)c([N+](=O)[O-])c2)cc1. The standard InChI is InChI=1S/C26H26ClN3O6S/c1-3-36-20-6-4-18(5-7-20)17-29(37(33,34)22-9-10-24(27)26(15-22)30(31)32)13-12-19-16-28-25-11-8-21(35-2)14-23(19)25/h4-11,14-16,28H,3,12-13,17H2,1-2H3. The van der Waals surface area contributed by atoms with Crippen LogP contribution in [-0.4, -0.2) is 42.9 Å². The number of methoxy groups -OCH3 is 1. The van der Waals surface area contributed by atoms with E-state index in [1.54, 1.807) is 31.4 Å². The predicted octanol–water partition coefficient (Wildman–Crippen LogP) is 5.57. The van der Waals surface area contributed by atoms with Gasteiger partial charge in [0, 0.05) is 36.3 Å². The summed E-state index contributed by atoms with van der Waals surface area (Å²) in [6.07, 6.45) is 2.25. The summed E-state index contributed by atoms with van der Waals surface area (Å²) in [7, 11) is -2.52. The Hall–Kier alpha value is -3.60. The summed E-state index contributed by atoms with van der Waals surface area (Å²) in [5.41, 5.74) is 2.11. The molecule has 0 spiro atoms. The second-order valence-corrected chi connectivity index (χ2v) is 10.6.